The molecule has 7 heteroatoms. The second-order valence-corrected chi connectivity index (χ2v) is 8.62. The van der Waals surface area contributed by atoms with Gasteiger partial charge < -0.3 is 5.11 Å². The number of hydrogen-bond donors (Lipinski definition) is 2. The second kappa shape index (κ2) is 6.95. The van der Waals surface area contributed by atoms with Crippen LogP contribution in [0, 0.1) is 0 Å². The number of aromatic hydroxyl groups is 1. The molecule has 25 heavy (non-hydrogen) atoms. The molecular weight excluding hydrogens is 356 g/mol. The third-order valence-corrected chi connectivity index (χ3v) is 6.15. The number of hydrogen-bond acceptors (Lipinski definition) is 4. The molecule has 0 fully saturated rings. The molecule has 0 atom stereocenters. The van der Waals surface area contributed by atoms with Crippen LogP contribution < -0.4 is 4.72 Å². The van der Waals surface area contributed by atoms with Crippen LogP contribution in [-0.2, 0) is 10.2 Å². The van der Waals surface area contributed by atoms with Crippen LogP contribution in [0.25, 0.3) is 10.8 Å². The van der Waals surface area contributed by atoms with E-state index in [2.05, 4.69) is 4.72 Å². The number of fused-ring (bicyclic) bond motifs is 1. The molecule has 0 aliphatic carbocycles. The summed E-state index contributed by atoms with van der Waals surface area (Å²) in [4.78, 5) is 1.54. The molecule has 0 aliphatic rings. The Balaban J connectivity index is 2.14. The van der Waals surface area contributed by atoms with Crippen LogP contribution in [0.1, 0.15) is 0 Å². The molecule has 0 unspecified atom stereocenters. The summed E-state index contributed by atoms with van der Waals surface area (Å²) in [6, 6.07) is 18.4. The minimum atomic E-state index is -3.65. The van der Waals surface area contributed by atoms with Crippen molar-refractivity contribution < 1.29 is 13.5 Å². The number of benzene rings is 3. The largest absolute Gasteiger partial charge is 0.506 e. The summed E-state index contributed by atoms with van der Waals surface area (Å²) in [5.74, 6) is 0.136. The normalized spacial score (nSPS) is 11.8. The second-order valence-electron chi connectivity index (χ2n) is 5.62. The fourth-order valence-corrected chi connectivity index (χ4v) is 3.90. The van der Waals surface area contributed by atoms with Gasteiger partial charge in [0, 0.05) is 29.8 Å². The lowest BCUT2D eigenvalue weighted by atomic mass is 10.1. The molecule has 0 heterocycles. The van der Waals surface area contributed by atoms with E-state index in [4.69, 9.17) is 0 Å². The number of nitrogens with zero attached hydrogens (tertiary/aromatic N) is 1. The van der Waals surface area contributed by atoms with Crippen molar-refractivity contribution in [3.05, 3.63) is 60.7 Å². The lowest BCUT2D eigenvalue weighted by molar-refractivity contribution is 0.469. The predicted octanol–water partition coefficient (Wildman–Crippen LogP) is 3.91. The van der Waals surface area contributed by atoms with Crippen molar-refractivity contribution in [1.29, 1.82) is 0 Å². The van der Waals surface area contributed by atoms with Crippen LogP contribution in [0.4, 0.5) is 5.69 Å². The Labute approximate surface area is 151 Å². The van der Waals surface area contributed by atoms with E-state index in [1.165, 1.54) is 25.9 Å². The van der Waals surface area contributed by atoms with Gasteiger partial charge in [-0.1, -0.05) is 54.2 Å². The number of phenolic OH excluding ortho intramolecular Hbond substituents is 1. The van der Waals surface area contributed by atoms with E-state index in [1.54, 1.807) is 24.3 Å². The molecule has 3 aromatic carbocycles. The molecule has 5 nitrogen and oxygen atoms in total. The van der Waals surface area contributed by atoms with E-state index in [-0.39, 0.29) is 5.75 Å². The minimum Gasteiger partial charge on any atom is -0.506 e. The summed E-state index contributed by atoms with van der Waals surface area (Å²) in [5.41, 5.74) is 0.431. The zero-order valence-corrected chi connectivity index (χ0v) is 15.4. The van der Waals surface area contributed by atoms with Gasteiger partial charge in [0.1, 0.15) is 5.75 Å². The topological polar surface area (TPSA) is 69.6 Å². The zero-order valence-electron chi connectivity index (χ0n) is 13.8. The van der Waals surface area contributed by atoms with Gasteiger partial charge in [0.2, 0.25) is 0 Å². The van der Waals surface area contributed by atoms with Gasteiger partial charge in [-0.05, 0) is 18.2 Å². The Hall–Kier alpha value is -2.22. The lowest BCUT2D eigenvalue weighted by Crippen LogP contribution is -2.29. The summed E-state index contributed by atoms with van der Waals surface area (Å²) in [6.45, 7) is 0. The number of phenols is 1. The van der Waals surface area contributed by atoms with Gasteiger partial charge in [0.05, 0.1) is 10.6 Å². The van der Waals surface area contributed by atoms with Crippen molar-refractivity contribution in [2.24, 2.45) is 0 Å². The van der Waals surface area contributed by atoms with Crippen molar-refractivity contribution in [1.82, 2.24) is 4.31 Å². The van der Waals surface area contributed by atoms with Gasteiger partial charge in [0.25, 0.3) is 0 Å². The average Bonchev–Trinajstić information content (AvgIpc) is 2.59. The number of anilines is 1. The maximum absolute atomic E-state index is 12.2. The summed E-state index contributed by atoms with van der Waals surface area (Å²) in [7, 11) is -0.727. The maximum Gasteiger partial charge on any atom is 0.301 e. The van der Waals surface area contributed by atoms with E-state index >= 15 is 0 Å². The maximum atomic E-state index is 12.2. The van der Waals surface area contributed by atoms with Crippen molar-refractivity contribution in [2.75, 3.05) is 18.8 Å². The number of nitrogens with one attached hydrogen (secondary N) is 1. The minimum absolute atomic E-state index is 0.136. The quantitative estimate of drug-likeness (QED) is 0.664. The van der Waals surface area contributed by atoms with Gasteiger partial charge in [-0.15, -0.1) is 0 Å². The van der Waals surface area contributed by atoms with E-state index in [0.717, 1.165) is 9.20 Å². The van der Waals surface area contributed by atoms with Crippen molar-refractivity contribution in [3.63, 3.8) is 0 Å². The van der Waals surface area contributed by atoms with E-state index < -0.39 is 10.2 Å². The summed E-state index contributed by atoms with van der Waals surface area (Å²) in [5, 5.41) is 11.9. The van der Waals surface area contributed by atoms with Crippen LogP contribution in [0.2, 0.25) is 0 Å². The fourth-order valence-electron chi connectivity index (χ4n) is 2.34. The molecule has 3 aromatic rings. The predicted molar refractivity (Wildman–Crippen MR) is 102 cm³/mol. The molecule has 0 bridgehead atoms. The van der Waals surface area contributed by atoms with Crippen LogP contribution in [0.5, 0.6) is 5.75 Å². The smallest absolute Gasteiger partial charge is 0.301 e. The highest BCUT2D eigenvalue weighted by molar-refractivity contribution is 7.99. The molecule has 0 spiro atoms. The van der Waals surface area contributed by atoms with Crippen molar-refractivity contribution in [3.8, 4) is 5.75 Å². The molecule has 3 rings (SSSR count). The van der Waals surface area contributed by atoms with Gasteiger partial charge in [-0.3, -0.25) is 4.72 Å². The van der Waals surface area contributed by atoms with Crippen LogP contribution in [-0.4, -0.2) is 31.9 Å². The van der Waals surface area contributed by atoms with E-state index in [9.17, 15) is 13.5 Å². The Morgan fingerprint density at radius 3 is 2.20 bits per heavy atom. The summed E-state index contributed by atoms with van der Waals surface area (Å²) >= 11 is 1.38. The third kappa shape index (κ3) is 3.73. The SMILES string of the molecule is CN(C)S(=O)(=O)Nc1cc(Sc2ccccc2)c(O)c2ccccc12. The van der Waals surface area contributed by atoms with Gasteiger partial charge in [-0.25, -0.2) is 0 Å². The molecule has 0 radical (unpaired) electrons. The summed E-state index contributed by atoms with van der Waals surface area (Å²) < 4.78 is 28.2. The van der Waals surface area contributed by atoms with Crippen LogP contribution in [0.3, 0.4) is 0 Å². The molecule has 0 aromatic heterocycles. The Morgan fingerprint density at radius 1 is 0.960 bits per heavy atom. The summed E-state index contributed by atoms with van der Waals surface area (Å²) in [6.07, 6.45) is 0. The van der Waals surface area contributed by atoms with Gasteiger partial charge in [0.15, 0.2) is 0 Å². The van der Waals surface area contributed by atoms with Crippen molar-refractivity contribution >= 4 is 38.4 Å². The average molecular weight is 374 g/mol. The fraction of sp³-hybridized carbons (Fsp3) is 0.111. The first-order valence-electron chi connectivity index (χ1n) is 7.56. The number of rotatable bonds is 5. The van der Waals surface area contributed by atoms with E-state index in [1.807, 2.05) is 36.4 Å². The molecule has 0 aliphatic heterocycles. The van der Waals surface area contributed by atoms with E-state index in [0.29, 0.717) is 21.4 Å². The highest BCUT2D eigenvalue weighted by Crippen LogP contribution is 2.42. The Morgan fingerprint density at radius 2 is 1.56 bits per heavy atom. The third-order valence-electron chi connectivity index (χ3n) is 3.67. The Kier molecular flexibility index (Phi) is 4.89. The Bertz CT molecular complexity index is 1000. The van der Waals surface area contributed by atoms with Crippen LogP contribution >= 0.6 is 11.8 Å². The first-order chi connectivity index (χ1) is 11.9. The zero-order chi connectivity index (χ0) is 18.0. The monoisotopic (exact) mass is 374 g/mol. The molecule has 2 N–H and O–H groups in total. The highest BCUT2D eigenvalue weighted by Gasteiger charge is 2.18. The van der Waals surface area contributed by atoms with Gasteiger partial charge in [-0.2, -0.15) is 12.7 Å². The van der Waals surface area contributed by atoms with Crippen LogP contribution in [0.15, 0.2) is 70.5 Å². The molecule has 0 saturated heterocycles. The lowest BCUT2D eigenvalue weighted by Gasteiger charge is -2.17. The van der Waals surface area contributed by atoms with Crippen molar-refractivity contribution in [2.45, 2.75) is 9.79 Å². The molecular formula is C18H18N2O3S2. The van der Waals surface area contributed by atoms with Gasteiger partial charge >= 0.3 is 10.2 Å². The molecule has 0 amide bonds. The highest BCUT2D eigenvalue weighted by atomic mass is 32.2. The standard InChI is InChI=1S/C18H18N2O3S2/c1-20(2)25(22,23)19-16-12-17(24-13-8-4-3-5-9-13)18(21)15-11-7-6-10-14(15)16/h3-12,19,21H,1-2H3. The first kappa shape index (κ1) is 17.6. The molecule has 0 saturated carbocycles. The first-order valence-corrected chi connectivity index (χ1v) is 9.82. The molecule has 130 valence electrons.